The van der Waals surface area contributed by atoms with Crippen molar-refractivity contribution in [3.05, 3.63) is 35.4 Å². The predicted molar refractivity (Wildman–Crippen MR) is 83.1 cm³/mol. The smallest absolute Gasteiger partial charge is 0.318 e. The highest BCUT2D eigenvalue weighted by atomic mass is 32.2. The van der Waals surface area contributed by atoms with Crippen LogP contribution in [0.3, 0.4) is 0 Å². The van der Waals surface area contributed by atoms with E-state index < -0.39 is 0 Å². The van der Waals surface area contributed by atoms with Crippen molar-refractivity contribution in [2.24, 2.45) is 0 Å². The van der Waals surface area contributed by atoms with Crippen LogP contribution in [0.1, 0.15) is 24.1 Å². The number of benzene rings is 1. The molecule has 0 saturated heterocycles. The molecule has 1 aliphatic rings. The average Bonchev–Trinajstić information content (AvgIpc) is 2.46. The Hall–Kier alpha value is -1.20. The molecule has 2 rings (SSSR count). The molecule has 0 radical (unpaired) electrons. The van der Waals surface area contributed by atoms with Crippen LogP contribution in [0.5, 0.6) is 0 Å². The molecule has 2 amide bonds. The number of hydrogen-bond donors (Lipinski definition) is 2. The number of carbonyl (C=O) groups is 1. The summed E-state index contributed by atoms with van der Waals surface area (Å²) in [6.07, 6.45) is 2.87. The summed E-state index contributed by atoms with van der Waals surface area (Å²) in [5.41, 5.74) is 2.29. The number of fused-ring (bicyclic) bond motifs is 1. The average molecular weight is 294 g/mol. The second-order valence-corrected chi connectivity index (χ2v) is 6.06. The minimum Gasteiger partial charge on any atom is -0.394 e. The zero-order chi connectivity index (χ0) is 14.5. The first-order valence-corrected chi connectivity index (χ1v) is 8.31. The molecule has 0 fully saturated rings. The largest absolute Gasteiger partial charge is 0.394 e. The monoisotopic (exact) mass is 294 g/mol. The molecule has 1 aromatic rings. The number of nitrogens with zero attached hydrogens (tertiary/aromatic N) is 1. The van der Waals surface area contributed by atoms with E-state index in [2.05, 4.69) is 11.4 Å². The van der Waals surface area contributed by atoms with E-state index in [9.17, 15) is 9.90 Å². The molecular weight excluding hydrogens is 272 g/mol. The van der Waals surface area contributed by atoms with Gasteiger partial charge in [0.25, 0.3) is 0 Å². The van der Waals surface area contributed by atoms with E-state index >= 15 is 0 Å². The number of aliphatic hydroxyl groups excluding tert-OH is 1. The second-order valence-electron chi connectivity index (χ2n) is 5.15. The maximum absolute atomic E-state index is 12.4. The predicted octanol–water partition coefficient (Wildman–Crippen LogP) is 2.04. The van der Waals surface area contributed by atoms with Gasteiger partial charge < -0.3 is 15.3 Å². The van der Waals surface area contributed by atoms with Gasteiger partial charge >= 0.3 is 6.03 Å². The van der Waals surface area contributed by atoms with Crippen molar-refractivity contribution in [1.82, 2.24) is 10.2 Å². The minimum absolute atomic E-state index is 0.0403. The maximum Gasteiger partial charge on any atom is 0.318 e. The summed E-state index contributed by atoms with van der Waals surface area (Å²) in [5, 5.41) is 12.7. The summed E-state index contributed by atoms with van der Waals surface area (Å²) in [5.74, 6) is 0.889. The summed E-state index contributed by atoms with van der Waals surface area (Å²) >= 11 is 1.71. The summed E-state index contributed by atoms with van der Waals surface area (Å²) in [6, 6.07) is 7.85. The maximum atomic E-state index is 12.4. The van der Waals surface area contributed by atoms with Crippen LogP contribution in [-0.2, 0) is 6.42 Å². The molecule has 0 saturated carbocycles. The fourth-order valence-electron chi connectivity index (χ4n) is 2.68. The lowest BCUT2D eigenvalue weighted by Gasteiger charge is -2.37. The summed E-state index contributed by atoms with van der Waals surface area (Å²) in [4.78, 5) is 14.1. The van der Waals surface area contributed by atoms with Gasteiger partial charge in [-0.25, -0.2) is 4.79 Å². The summed E-state index contributed by atoms with van der Waals surface area (Å²) in [6.45, 7) is 2.61. The molecule has 2 N–H and O–H groups in total. The first-order valence-electron chi connectivity index (χ1n) is 6.92. The molecule has 1 heterocycles. The molecule has 0 aliphatic carbocycles. The number of urea groups is 1. The van der Waals surface area contributed by atoms with Crippen molar-refractivity contribution in [2.75, 3.05) is 25.2 Å². The molecular formula is C15H22N2O2S. The first-order chi connectivity index (χ1) is 9.67. The van der Waals surface area contributed by atoms with Gasteiger partial charge in [0.2, 0.25) is 0 Å². The number of aliphatic hydroxyl groups is 1. The van der Waals surface area contributed by atoms with Crippen LogP contribution in [0.2, 0.25) is 0 Å². The Morgan fingerprint density at radius 3 is 3.00 bits per heavy atom. The van der Waals surface area contributed by atoms with Crippen molar-refractivity contribution in [2.45, 2.75) is 25.4 Å². The Morgan fingerprint density at radius 1 is 1.55 bits per heavy atom. The third-order valence-electron chi connectivity index (χ3n) is 3.63. The lowest BCUT2D eigenvalue weighted by atomic mass is 9.93. The van der Waals surface area contributed by atoms with Crippen molar-refractivity contribution in [3.8, 4) is 0 Å². The molecule has 0 spiro atoms. The molecule has 20 heavy (non-hydrogen) atoms. The van der Waals surface area contributed by atoms with Gasteiger partial charge in [0.1, 0.15) is 0 Å². The normalized spacial score (nSPS) is 19.4. The third kappa shape index (κ3) is 3.27. The van der Waals surface area contributed by atoms with Gasteiger partial charge in [0.05, 0.1) is 12.6 Å². The fraction of sp³-hybridized carbons (Fsp3) is 0.533. The SMILES string of the molecule is CSCC(C)NC(=O)N1CCc2ccccc2C1CO. The lowest BCUT2D eigenvalue weighted by molar-refractivity contribution is 0.125. The first kappa shape index (κ1) is 15.2. The van der Waals surface area contributed by atoms with Gasteiger partial charge in [-0.05, 0) is 30.7 Å². The van der Waals surface area contributed by atoms with E-state index in [1.54, 1.807) is 16.7 Å². The Labute approximate surface area is 124 Å². The van der Waals surface area contributed by atoms with Gasteiger partial charge in [-0.2, -0.15) is 11.8 Å². The summed E-state index contributed by atoms with van der Waals surface area (Å²) in [7, 11) is 0. The molecule has 110 valence electrons. The van der Waals surface area contributed by atoms with Crippen LogP contribution in [0.15, 0.2) is 24.3 Å². The van der Waals surface area contributed by atoms with Gasteiger partial charge in [0.15, 0.2) is 0 Å². The molecule has 5 heteroatoms. The van der Waals surface area contributed by atoms with E-state index in [0.717, 1.165) is 17.7 Å². The second kappa shape index (κ2) is 6.99. The summed E-state index contributed by atoms with van der Waals surface area (Å²) < 4.78 is 0. The van der Waals surface area contributed by atoms with Crippen molar-refractivity contribution >= 4 is 17.8 Å². The van der Waals surface area contributed by atoms with Crippen LogP contribution >= 0.6 is 11.8 Å². The van der Waals surface area contributed by atoms with E-state index in [4.69, 9.17) is 0 Å². The quantitative estimate of drug-likeness (QED) is 0.893. The molecule has 2 atom stereocenters. The van der Waals surface area contributed by atoms with Crippen LogP contribution in [0, 0.1) is 0 Å². The van der Waals surface area contributed by atoms with Gasteiger partial charge in [0, 0.05) is 18.3 Å². The van der Waals surface area contributed by atoms with Gasteiger partial charge in [-0.3, -0.25) is 0 Å². The molecule has 1 aliphatic heterocycles. The van der Waals surface area contributed by atoms with E-state index in [1.807, 2.05) is 31.4 Å². The molecule has 0 aromatic heterocycles. The van der Waals surface area contributed by atoms with Crippen molar-refractivity contribution < 1.29 is 9.90 Å². The van der Waals surface area contributed by atoms with E-state index in [0.29, 0.717) is 6.54 Å². The third-order valence-corrected chi connectivity index (χ3v) is 4.47. The van der Waals surface area contributed by atoms with Crippen molar-refractivity contribution in [1.29, 1.82) is 0 Å². The number of carbonyl (C=O) groups excluding carboxylic acids is 1. The highest BCUT2D eigenvalue weighted by molar-refractivity contribution is 7.98. The number of nitrogens with one attached hydrogen (secondary N) is 1. The van der Waals surface area contributed by atoms with Crippen LogP contribution < -0.4 is 5.32 Å². The number of amides is 2. The minimum atomic E-state index is -0.235. The standard InChI is InChI=1S/C15H22N2O2S/c1-11(10-20-2)16-15(19)17-8-7-12-5-3-4-6-13(12)14(17)9-18/h3-6,11,14,18H,7-10H2,1-2H3,(H,16,19). The van der Waals surface area contributed by atoms with Crippen molar-refractivity contribution in [3.63, 3.8) is 0 Å². The number of hydrogen-bond acceptors (Lipinski definition) is 3. The molecule has 1 aromatic carbocycles. The van der Waals surface area contributed by atoms with Crippen LogP contribution in [0.4, 0.5) is 4.79 Å². The Morgan fingerprint density at radius 2 is 2.30 bits per heavy atom. The Bertz CT molecular complexity index is 467. The molecule has 0 bridgehead atoms. The Balaban J connectivity index is 2.11. The molecule has 4 nitrogen and oxygen atoms in total. The zero-order valence-electron chi connectivity index (χ0n) is 12.0. The lowest BCUT2D eigenvalue weighted by Crippen LogP contribution is -2.49. The topological polar surface area (TPSA) is 52.6 Å². The fourth-order valence-corrected chi connectivity index (χ4v) is 3.26. The van der Waals surface area contributed by atoms with Crippen LogP contribution in [0.25, 0.3) is 0 Å². The van der Waals surface area contributed by atoms with Gasteiger partial charge in [-0.15, -0.1) is 0 Å². The number of thioether (sulfide) groups is 1. The molecule has 2 unspecified atom stereocenters. The number of rotatable bonds is 4. The highest BCUT2D eigenvalue weighted by Gasteiger charge is 2.30. The van der Waals surface area contributed by atoms with E-state index in [-0.39, 0.29) is 24.7 Å². The Kier molecular flexibility index (Phi) is 5.31. The van der Waals surface area contributed by atoms with Crippen LogP contribution in [-0.4, -0.2) is 47.2 Å². The van der Waals surface area contributed by atoms with E-state index in [1.165, 1.54) is 5.56 Å². The zero-order valence-corrected chi connectivity index (χ0v) is 12.8. The van der Waals surface area contributed by atoms with Gasteiger partial charge in [-0.1, -0.05) is 24.3 Å². The highest BCUT2D eigenvalue weighted by Crippen LogP contribution is 2.29.